The Kier molecular flexibility index (Phi) is 19.3. The maximum atomic E-state index is 6.59. The summed E-state index contributed by atoms with van der Waals surface area (Å²) in [6.07, 6.45) is 26.5. The Morgan fingerprint density at radius 3 is 1.16 bits per heavy atom. The van der Waals surface area contributed by atoms with Gasteiger partial charge < -0.3 is 9.47 Å². The van der Waals surface area contributed by atoms with Crippen molar-refractivity contribution in [2.24, 2.45) is 0 Å². The zero-order valence-electron chi connectivity index (χ0n) is 31.6. The molecule has 0 bridgehead atoms. The Labute approximate surface area is 306 Å². The molecule has 4 aromatic rings. The fraction of sp³-hybridized carbons (Fsp3) is 0.500. The second-order valence-electron chi connectivity index (χ2n) is 14.2. The summed E-state index contributed by atoms with van der Waals surface area (Å²) >= 11 is 0. The minimum Gasteiger partial charge on any atom is -0.490 e. The molecular formula is C48H66O2. The van der Waals surface area contributed by atoms with Crippen LogP contribution in [0.4, 0.5) is 0 Å². The summed E-state index contributed by atoms with van der Waals surface area (Å²) in [6.45, 7) is 6.05. The zero-order chi connectivity index (χ0) is 34.9. The minimum atomic E-state index is 0.730. The first-order chi connectivity index (χ1) is 24.8. The third kappa shape index (κ3) is 14.4. The maximum Gasteiger partial charge on any atom is 0.168 e. The van der Waals surface area contributed by atoms with Gasteiger partial charge in [-0.15, -0.1) is 0 Å². The molecule has 0 N–H and O–H groups in total. The molecule has 0 heterocycles. The van der Waals surface area contributed by atoms with Gasteiger partial charge in [0.15, 0.2) is 11.5 Å². The summed E-state index contributed by atoms with van der Waals surface area (Å²) in [5, 5.41) is 0. The molecule has 4 aromatic carbocycles. The average Bonchev–Trinajstić information content (AvgIpc) is 3.17. The van der Waals surface area contributed by atoms with Crippen molar-refractivity contribution in [3.8, 4) is 44.9 Å². The molecule has 4 rings (SSSR count). The van der Waals surface area contributed by atoms with E-state index in [0.717, 1.165) is 48.7 Å². The summed E-state index contributed by atoms with van der Waals surface area (Å²) < 4.78 is 13.0. The van der Waals surface area contributed by atoms with Gasteiger partial charge in [-0.3, -0.25) is 0 Å². The second-order valence-corrected chi connectivity index (χ2v) is 14.2. The quantitative estimate of drug-likeness (QED) is 0.0586. The van der Waals surface area contributed by atoms with Crippen LogP contribution < -0.4 is 9.47 Å². The molecule has 50 heavy (non-hydrogen) atoms. The van der Waals surface area contributed by atoms with Gasteiger partial charge in [0, 0.05) is 5.56 Å². The topological polar surface area (TPSA) is 18.5 Å². The van der Waals surface area contributed by atoms with Crippen LogP contribution in [-0.2, 0) is 0 Å². The molecule has 0 aliphatic carbocycles. The van der Waals surface area contributed by atoms with Crippen molar-refractivity contribution in [2.75, 3.05) is 13.2 Å². The summed E-state index contributed by atoms with van der Waals surface area (Å²) in [7, 11) is 0. The predicted molar refractivity (Wildman–Crippen MR) is 217 cm³/mol. The Morgan fingerprint density at radius 2 is 0.700 bits per heavy atom. The van der Waals surface area contributed by atoms with Crippen LogP contribution in [0, 0.1) is 0 Å². The predicted octanol–water partition coefficient (Wildman–Crippen LogP) is 15.3. The SMILES string of the molecule is CCCCCCCCCCCCOc1cccc(-c2ccc(-c3ccc(-c4ccccc4)cc3)cc2)c1OCCCCCCCCCCCC. The molecule has 0 unspecified atom stereocenters. The lowest BCUT2D eigenvalue weighted by molar-refractivity contribution is 0.259. The van der Waals surface area contributed by atoms with E-state index in [0.29, 0.717) is 0 Å². The van der Waals surface area contributed by atoms with Gasteiger partial charge in [0.2, 0.25) is 0 Å². The molecule has 0 saturated heterocycles. The van der Waals surface area contributed by atoms with Crippen LogP contribution in [0.1, 0.15) is 142 Å². The van der Waals surface area contributed by atoms with Gasteiger partial charge in [0.05, 0.1) is 13.2 Å². The van der Waals surface area contributed by atoms with Crippen LogP contribution in [0.5, 0.6) is 11.5 Å². The van der Waals surface area contributed by atoms with Crippen LogP contribution in [0.25, 0.3) is 33.4 Å². The fourth-order valence-corrected chi connectivity index (χ4v) is 6.87. The number of benzene rings is 4. The van der Waals surface area contributed by atoms with Crippen molar-refractivity contribution in [1.29, 1.82) is 0 Å². The third-order valence-electron chi connectivity index (χ3n) is 10.00. The van der Waals surface area contributed by atoms with Gasteiger partial charge in [0.1, 0.15) is 0 Å². The Morgan fingerprint density at radius 1 is 0.320 bits per heavy atom. The van der Waals surface area contributed by atoms with Crippen LogP contribution in [0.3, 0.4) is 0 Å². The second kappa shape index (κ2) is 24.6. The highest BCUT2D eigenvalue weighted by atomic mass is 16.5. The fourth-order valence-electron chi connectivity index (χ4n) is 6.87. The largest absolute Gasteiger partial charge is 0.490 e. The van der Waals surface area contributed by atoms with E-state index in [1.54, 1.807) is 0 Å². The Bertz CT molecular complexity index is 1410. The highest BCUT2D eigenvalue weighted by Gasteiger charge is 2.14. The number of hydrogen-bond acceptors (Lipinski definition) is 2. The van der Waals surface area contributed by atoms with E-state index in [2.05, 4.69) is 111 Å². The number of unbranched alkanes of at least 4 members (excludes halogenated alkanes) is 18. The highest BCUT2D eigenvalue weighted by molar-refractivity contribution is 5.77. The number of ether oxygens (including phenoxy) is 2. The van der Waals surface area contributed by atoms with E-state index in [9.17, 15) is 0 Å². The standard InChI is InChI=1S/C48H66O2/c1-3-5-7-9-11-13-15-17-19-24-39-49-47-30-26-29-46(48(47)50-40-25-20-18-16-14-12-10-8-6-4-2)45-37-35-44(36-38-45)43-33-31-42(32-34-43)41-27-22-21-23-28-41/h21-23,26-38H,3-20,24-25,39-40H2,1-2H3. The molecule has 0 saturated carbocycles. The van der Waals surface area contributed by atoms with Gasteiger partial charge in [-0.05, 0) is 46.7 Å². The summed E-state index contributed by atoms with van der Waals surface area (Å²) in [4.78, 5) is 0. The summed E-state index contributed by atoms with van der Waals surface area (Å²) in [6, 6.07) is 34.8. The van der Waals surface area contributed by atoms with Crippen molar-refractivity contribution in [1.82, 2.24) is 0 Å². The van der Waals surface area contributed by atoms with E-state index >= 15 is 0 Å². The molecular weight excluding hydrogens is 609 g/mol. The zero-order valence-corrected chi connectivity index (χ0v) is 31.6. The van der Waals surface area contributed by atoms with Crippen LogP contribution >= 0.6 is 0 Å². The van der Waals surface area contributed by atoms with Gasteiger partial charge in [-0.2, -0.15) is 0 Å². The van der Waals surface area contributed by atoms with Crippen molar-refractivity contribution in [3.63, 3.8) is 0 Å². The van der Waals surface area contributed by atoms with Gasteiger partial charge in [0.25, 0.3) is 0 Å². The average molecular weight is 675 g/mol. The van der Waals surface area contributed by atoms with Crippen molar-refractivity contribution in [2.45, 2.75) is 142 Å². The van der Waals surface area contributed by atoms with E-state index in [1.165, 1.54) is 138 Å². The maximum absolute atomic E-state index is 6.59. The van der Waals surface area contributed by atoms with E-state index in [-0.39, 0.29) is 0 Å². The van der Waals surface area contributed by atoms with E-state index < -0.39 is 0 Å². The van der Waals surface area contributed by atoms with Crippen molar-refractivity contribution >= 4 is 0 Å². The third-order valence-corrected chi connectivity index (χ3v) is 10.00. The monoisotopic (exact) mass is 675 g/mol. The van der Waals surface area contributed by atoms with Gasteiger partial charge in [-0.1, -0.05) is 220 Å². The lowest BCUT2D eigenvalue weighted by Crippen LogP contribution is -2.04. The van der Waals surface area contributed by atoms with E-state index in [1.807, 2.05) is 0 Å². The number of rotatable bonds is 27. The van der Waals surface area contributed by atoms with Crippen LogP contribution in [-0.4, -0.2) is 13.2 Å². The first-order valence-corrected chi connectivity index (χ1v) is 20.4. The first kappa shape index (κ1) is 39.3. The first-order valence-electron chi connectivity index (χ1n) is 20.4. The molecule has 0 aromatic heterocycles. The summed E-state index contributed by atoms with van der Waals surface area (Å²) in [5.41, 5.74) is 7.21. The van der Waals surface area contributed by atoms with Gasteiger partial charge in [-0.25, -0.2) is 0 Å². The Hall–Kier alpha value is -3.52. The molecule has 0 fully saturated rings. The number of para-hydroxylation sites is 1. The van der Waals surface area contributed by atoms with Crippen molar-refractivity contribution in [3.05, 3.63) is 97.1 Å². The van der Waals surface area contributed by atoms with E-state index in [4.69, 9.17) is 9.47 Å². The molecule has 2 nitrogen and oxygen atoms in total. The molecule has 0 atom stereocenters. The van der Waals surface area contributed by atoms with Crippen LogP contribution in [0.15, 0.2) is 97.1 Å². The normalized spacial score (nSPS) is 11.2. The van der Waals surface area contributed by atoms with Crippen LogP contribution in [0.2, 0.25) is 0 Å². The van der Waals surface area contributed by atoms with Gasteiger partial charge >= 0.3 is 0 Å². The highest BCUT2D eigenvalue weighted by Crippen LogP contribution is 2.39. The molecule has 270 valence electrons. The smallest absolute Gasteiger partial charge is 0.168 e. The molecule has 0 spiro atoms. The minimum absolute atomic E-state index is 0.730. The number of hydrogen-bond donors (Lipinski definition) is 0. The van der Waals surface area contributed by atoms with Crippen molar-refractivity contribution < 1.29 is 9.47 Å². The Balaban J connectivity index is 1.33. The summed E-state index contributed by atoms with van der Waals surface area (Å²) in [5.74, 6) is 1.78. The molecule has 0 amide bonds. The molecule has 0 radical (unpaired) electrons. The molecule has 2 heteroatoms. The molecule has 0 aliphatic heterocycles. The lowest BCUT2D eigenvalue weighted by atomic mass is 9.97. The lowest BCUT2D eigenvalue weighted by Gasteiger charge is -2.17. The molecule has 0 aliphatic rings.